The summed E-state index contributed by atoms with van der Waals surface area (Å²) < 4.78 is 5.24. The first-order chi connectivity index (χ1) is 11.1. The van der Waals surface area contributed by atoms with Crippen LogP contribution in [0.15, 0.2) is 24.3 Å². The second-order valence-corrected chi connectivity index (χ2v) is 6.11. The van der Waals surface area contributed by atoms with Gasteiger partial charge >= 0.3 is 6.01 Å². The molecule has 122 valence electrons. The Balaban J connectivity index is 1.82. The number of methoxy groups -OCH3 is 1. The van der Waals surface area contributed by atoms with E-state index >= 15 is 0 Å². The van der Waals surface area contributed by atoms with Crippen LogP contribution in [0.2, 0.25) is 0 Å². The van der Waals surface area contributed by atoms with Crippen LogP contribution in [0.1, 0.15) is 25.3 Å². The van der Waals surface area contributed by atoms with Gasteiger partial charge in [0.25, 0.3) is 0 Å². The number of piperidine rings is 1. The van der Waals surface area contributed by atoms with E-state index in [4.69, 9.17) is 4.74 Å². The third-order valence-electron chi connectivity index (χ3n) is 4.16. The van der Waals surface area contributed by atoms with Gasteiger partial charge in [0.1, 0.15) is 0 Å². The first-order valence-corrected chi connectivity index (χ1v) is 8.03. The van der Waals surface area contributed by atoms with E-state index in [9.17, 15) is 0 Å². The summed E-state index contributed by atoms with van der Waals surface area (Å²) in [6.07, 6.45) is 2.32. The van der Waals surface area contributed by atoms with Crippen molar-refractivity contribution in [2.45, 2.75) is 26.7 Å². The van der Waals surface area contributed by atoms with Gasteiger partial charge in [-0.2, -0.15) is 15.0 Å². The number of aryl methyl sites for hydroxylation is 1. The summed E-state index contributed by atoms with van der Waals surface area (Å²) in [6.45, 7) is 6.29. The van der Waals surface area contributed by atoms with E-state index < -0.39 is 0 Å². The molecule has 3 rings (SSSR count). The Labute approximate surface area is 136 Å². The average molecular weight is 313 g/mol. The molecule has 0 spiro atoms. The lowest BCUT2D eigenvalue weighted by Crippen LogP contribution is -2.34. The van der Waals surface area contributed by atoms with Crippen LogP contribution in [-0.4, -0.2) is 35.2 Å². The van der Waals surface area contributed by atoms with Gasteiger partial charge in [0.05, 0.1) is 7.11 Å². The van der Waals surface area contributed by atoms with Gasteiger partial charge in [-0.15, -0.1) is 0 Å². The number of ether oxygens (including phenoxy) is 1. The summed E-state index contributed by atoms with van der Waals surface area (Å²) in [4.78, 5) is 15.5. The van der Waals surface area contributed by atoms with Crippen LogP contribution in [0.25, 0.3) is 0 Å². The number of hydrogen-bond acceptors (Lipinski definition) is 6. The minimum absolute atomic E-state index is 0.336. The molecule has 0 atom stereocenters. The summed E-state index contributed by atoms with van der Waals surface area (Å²) in [5.41, 5.74) is 2.16. The number of nitrogens with zero attached hydrogens (tertiary/aromatic N) is 4. The topological polar surface area (TPSA) is 63.2 Å². The van der Waals surface area contributed by atoms with E-state index in [-0.39, 0.29) is 0 Å². The van der Waals surface area contributed by atoms with E-state index in [2.05, 4.69) is 39.0 Å². The zero-order valence-electron chi connectivity index (χ0n) is 13.9. The van der Waals surface area contributed by atoms with E-state index in [0.717, 1.165) is 37.5 Å². The van der Waals surface area contributed by atoms with Crippen molar-refractivity contribution in [2.75, 3.05) is 30.4 Å². The number of nitrogens with one attached hydrogen (secondary N) is 1. The number of benzene rings is 1. The first kappa shape index (κ1) is 15.5. The standard InChI is InChI=1S/C17H23N5O/c1-12-4-6-14(7-5-12)18-15-19-16(21-17(20-15)23-3)22-10-8-13(2)9-11-22/h4-7,13H,8-11H2,1-3H3,(H,18,19,20,21). The first-order valence-electron chi connectivity index (χ1n) is 8.03. The number of anilines is 3. The fourth-order valence-electron chi connectivity index (χ4n) is 2.61. The normalized spacial score (nSPS) is 15.5. The van der Waals surface area contributed by atoms with Gasteiger partial charge in [-0.25, -0.2) is 0 Å². The molecule has 0 radical (unpaired) electrons. The molecule has 0 bridgehead atoms. The SMILES string of the molecule is COc1nc(Nc2ccc(C)cc2)nc(N2CCC(C)CC2)n1. The number of aromatic nitrogens is 3. The van der Waals surface area contributed by atoms with Crippen molar-refractivity contribution in [1.29, 1.82) is 0 Å². The van der Waals surface area contributed by atoms with Crippen LogP contribution in [0.5, 0.6) is 6.01 Å². The summed E-state index contributed by atoms with van der Waals surface area (Å²) >= 11 is 0. The van der Waals surface area contributed by atoms with Crippen molar-refractivity contribution in [1.82, 2.24) is 15.0 Å². The van der Waals surface area contributed by atoms with Crippen LogP contribution in [0.4, 0.5) is 17.6 Å². The van der Waals surface area contributed by atoms with Gasteiger partial charge < -0.3 is 15.0 Å². The minimum atomic E-state index is 0.336. The Hall–Kier alpha value is -2.37. The molecule has 0 aliphatic carbocycles. The zero-order valence-corrected chi connectivity index (χ0v) is 13.9. The maximum absolute atomic E-state index is 5.24. The molecule has 0 unspecified atom stereocenters. The molecule has 0 amide bonds. The van der Waals surface area contributed by atoms with Gasteiger partial charge in [0.15, 0.2) is 0 Å². The molecular formula is C17H23N5O. The van der Waals surface area contributed by atoms with Crippen LogP contribution in [0, 0.1) is 12.8 Å². The smallest absolute Gasteiger partial charge is 0.322 e. The van der Waals surface area contributed by atoms with Gasteiger partial charge in [0.2, 0.25) is 11.9 Å². The molecule has 1 aromatic carbocycles. The summed E-state index contributed by atoms with van der Waals surface area (Å²) in [6, 6.07) is 8.45. The molecule has 1 fully saturated rings. The van der Waals surface area contributed by atoms with E-state index in [1.165, 1.54) is 5.56 Å². The second-order valence-electron chi connectivity index (χ2n) is 6.11. The highest BCUT2D eigenvalue weighted by atomic mass is 16.5. The minimum Gasteiger partial charge on any atom is -0.467 e. The van der Waals surface area contributed by atoms with Gasteiger partial charge in [0, 0.05) is 18.8 Å². The third kappa shape index (κ3) is 3.88. The molecule has 6 nitrogen and oxygen atoms in total. The fraction of sp³-hybridized carbons (Fsp3) is 0.471. The maximum atomic E-state index is 5.24. The van der Waals surface area contributed by atoms with Crippen molar-refractivity contribution >= 4 is 17.6 Å². The summed E-state index contributed by atoms with van der Waals surface area (Å²) in [7, 11) is 1.58. The van der Waals surface area contributed by atoms with Crippen LogP contribution < -0.4 is 15.0 Å². The lowest BCUT2D eigenvalue weighted by molar-refractivity contribution is 0.376. The fourth-order valence-corrected chi connectivity index (χ4v) is 2.61. The molecule has 1 saturated heterocycles. The molecule has 6 heteroatoms. The Kier molecular flexibility index (Phi) is 4.60. The Morgan fingerprint density at radius 3 is 2.43 bits per heavy atom. The number of hydrogen-bond donors (Lipinski definition) is 1. The van der Waals surface area contributed by atoms with Crippen molar-refractivity contribution in [2.24, 2.45) is 5.92 Å². The lowest BCUT2D eigenvalue weighted by atomic mass is 10.00. The number of rotatable bonds is 4. The van der Waals surface area contributed by atoms with E-state index in [1.54, 1.807) is 7.11 Å². The zero-order chi connectivity index (χ0) is 16.2. The molecule has 2 aromatic rings. The maximum Gasteiger partial charge on any atom is 0.322 e. The average Bonchev–Trinajstić information content (AvgIpc) is 2.57. The molecular weight excluding hydrogens is 290 g/mol. The molecule has 1 N–H and O–H groups in total. The summed E-state index contributed by atoms with van der Waals surface area (Å²) in [5, 5.41) is 3.23. The van der Waals surface area contributed by atoms with E-state index in [0.29, 0.717) is 17.9 Å². The van der Waals surface area contributed by atoms with Crippen LogP contribution in [0.3, 0.4) is 0 Å². The van der Waals surface area contributed by atoms with Crippen molar-refractivity contribution in [3.8, 4) is 6.01 Å². The molecule has 1 aromatic heterocycles. The predicted molar refractivity (Wildman–Crippen MR) is 91.5 cm³/mol. The Morgan fingerprint density at radius 2 is 1.78 bits per heavy atom. The third-order valence-corrected chi connectivity index (χ3v) is 4.16. The van der Waals surface area contributed by atoms with Crippen molar-refractivity contribution in [3.63, 3.8) is 0 Å². The highest BCUT2D eigenvalue weighted by Gasteiger charge is 2.20. The van der Waals surface area contributed by atoms with Crippen molar-refractivity contribution < 1.29 is 4.74 Å². The Bertz CT molecular complexity index is 651. The molecule has 0 saturated carbocycles. The van der Waals surface area contributed by atoms with Gasteiger partial charge in [-0.05, 0) is 37.8 Å². The Morgan fingerprint density at radius 1 is 1.09 bits per heavy atom. The highest BCUT2D eigenvalue weighted by molar-refractivity contribution is 5.55. The molecule has 23 heavy (non-hydrogen) atoms. The monoisotopic (exact) mass is 313 g/mol. The van der Waals surface area contributed by atoms with Crippen LogP contribution in [-0.2, 0) is 0 Å². The molecule has 1 aliphatic heterocycles. The van der Waals surface area contributed by atoms with Gasteiger partial charge in [-0.3, -0.25) is 0 Å². The summed E-state index contributed by atoms with van der Waals surface area (Å²) in [5.74, 6) is 1.95. The lowest BCUT2D eigenvalue weighted by Gasteiger charge is -2.30. The molecule has 2 heterocycles. The van der Waals surface area contributed by atoms with Crippen LogP contribution >= 0.6 is 0 Å². The largest absolute Gasteiger partial charge is 0.467 e. The quantitative estimate of drug-likeness (QED) is 0.935. The van der Waals surface area contributed by atoms with Crippen molar-refractivity contribution in [3.05, 3.63) is 29.8 Å². The van der Waals surface area contributed by atoms with E-state index in [1.807, 2.05) is 24.3 Å². The predicted octanol–water partition coefficient (Wildman–Crippen LogP) is 3.17. The van der Waals surface area contributed by atoms with Gasteiger partial charge in [-0.1, -0.05) is 24.6 Å². The molecule has 1 aliphatic rings. The highest BCUT2D eigenvalue weighted by Crippen LogP contribution is 2.23. The second kappa shape index (κ2) is 6.81.